The second-order valence-corrected chi connectivity index (χ2v) is 6.46. The molecule has 2 aliphatic rings. The van der Waals surface area contributed by atoms with Crippen LogP contribution in [0, 0.1) is 5.92 Å². The summed E-state index contributed by atoms with van der Waals surface area (Å²) < 4.78 is 5.49. The number of ether oxygens (including phenoxy) is 1. The minimum atomic E-state index is 0.0372. The molecule has 1 heterocycles. The largest absolute Gasteiger partial charge is 0.496 e. The van der Waals surface area contributed by atoms with Gasteiger partial charge in [0.15, 0.2) is 0 Å². The SMILES string of the molecule is COc1ccc(/C(C)=N\NC(=O)C2CC2)cc1CN1CCCC1. The van der Waals surface area contributed by atoms with E-state index in [9.17, 15) is 4.79 Å². The lowest BCUT2D eigenvalue weighted by Gasteiger charge is -2.17. The van der Waals surface area contributed by atoms with Crippen LogP contribution in [0.5, 0.6) is 5.75 Å². The van der Waals surface area contributed by atoms with Crippen molar-refractivity contribution in [3.8, 4) is 5.75 Å². The lowest BCUT2D eigenvalue weighted by atomic mass is 10.1. The van der Waals surface area contributed by atoms with Crippen LogP contribution in [0.15, 0.2) is 23.3 Å². The summed E-state index contributed by atoms with van der Waals surface area (Å²) in [7, 11) is 1.71. The van der Waals surface area contributed by atoms with E-state index in [1.54, 1.807) is 7.11 Å². The van der Waals surface area contributed by atoms with E-state index in [1.807, 2.05) is 19.1 Å². The third-order valence-electron chi connectivity index (χ3n) is 4.57. The number of rotatable bonds is 6. The van der Waals surface area contributed by atoms with Gasteiger partial charge in [-0.1, -0.05) is 0 Å². The van der Waals surface area contributed by atoms with Crippen molar-refractivity contribution < 1.29 is 9.53 Å². The van der Waals surface area contributed by atoms with E-state index >= 15 is 0 Å². The van der Waals surface area contributed by atoms with Crippen molar-refractivity contribution in [1.29, 1.82) is 0 Å². The van der Waals surface area contributed by atoms with Gasteiger partial charge in [0, 0.05) is 18.0 Å². The minimum Gasteiger partial charge on any atom is -0.496 e. The molecule has 3 rings (SSSR count). The maximum Gasteiger partial charge on any atom is 0.243 e. The van der Waals surface area contributed by atoms with Crippen LogP contribution in [0.1, 0.15) is 43.7 Å². The summed E-state index contributed by atoms with van der Waals surface area (Å²) in [5.41, 5.74) is 5.69. The predicted molar refractivity (Wildman–Crippen MR) is 90.6 cm³/mol. The average molecular weight is 315 g/mol. The second-order valence-electron chi connectivity index (χ2n) is 6.46. The van der Waals surface area contributed by atoms with Gasteiger partial charge in [0.05, 0.1) is 12.8 Å². The quantitative estimate of drug-likeness (QED) is 0.648. The van der Waals surface area contributed by atoms with Gasteiger partial charge in [0.1, 0.15) is 5.75 Å². The van der Waals surface area contributed by atoms with Crippen molar-refractivity contribution in [3.05, 3.63) is 29.3 Å². The third-order valence-corrected chi connectivity index (χ3v) is 4.57. The Labute approximate surface area is 137 Å². The zero-order valence-corrected chi connectivity index (χ0v) is 14.0. The summed E-state index contributed by atoms with van der Waals surface area (Å²) in [6, 6.07) is 6.11. The van der Waals surface area contributed by atoms with Gasteiger partial charge in [-0.2, -0.15) is 5.10 Å². The molecule has 1 aromatic carbocycles. The summed E-state index contributed by atoms with van der Waals surface area (Å²) in [5, 5.41) is 4.25. The van der Waals surface area contributed by atoms with Crippen LogP contribution in [-0.4, -0.2) is 36.7 Å². The molecule has 5 nitrogen and oxygen atoms in total. The number of carbonyl (C=O) groups is 1. The summed E-state index contributed by atoms with van der Waals surface area (Å²) in [6.45, 7) is 5.13. The van der Waals surface area contributed by atoms with Crippen LogP contribution in [0.3, 0.4) is 0 Å². The van der Waals surface area contributed by atoms with E-state index in [0.29, 0.717) is 0 Å². The topological polar surface area (TPSA) is 53.9 Å². The highest BCUT2D eigenvalue weighted by molar-refractivity contribution is 5.99. The lowest BCUT2D eigenvalue weighted by Crippen LogP contribution is -2.21. The van der Waals surface area contributed by atoms with Gasteiger partial charge in [-0.05, 0) is 69.5 Å². The number of nitrogens with zero attached hydrogens (tertiary/aromatic N) is 2. The molecule has 2 fully saturated rings. The molecule has 0 atom stereocenters. The molecule has 0 unspecified atom stereocenters. The van der Waals surface area contributed by atoms with Gasteiger partial charge >= 0.3 is 0 Å². The van der Waals surface area contributed by atoms with E-state index in [2.05, 4.69) is 21.5 Å². The zero-order valence-electron chi connectivity index (χ0n) is 14.0. The van der Waals surface area contributed by atoms with Crippen molar-refractivity contribution in [2.45, 2.75) is 39.2 Å². The first-order valence-corrected chi connectivity index (χ1v) is 8.41. The number of carbonyl (C=O) groups excluding carboxylic acids is 1. The Kier molecular flexibility index (Phi) is 4.96. The maximum atomic E-state index is 11.7. The summed E-state index contributed by atoms with van der Waals surface area (Å²) in [4.78, 5) is 14.1. The van der Waals surface area contributed by atoms with Gasteiger partial charge in [0.2, 0.25) is 5.91 Å². The summed E-state index contributed by atoms with van der Waals surface area (Å²) >= 11 is 0. The van der Waals surface area contributed by atoms with Crippen LogP contribution in [-0.2, 0) is 11.3 Å². The second kappa shape index (κ2) is 7.13. The molecular weight excluding hydrogens is 290 g/mol. The number of amides is 1. The van der Waals surface area contributed by atoms with E-state index < -0.39 is 0 Å². The first kappa shape index (κ1) is 16.0. The van der Waals surface area contributed by atoms with Gasteiger partial charge in [-0.3, -0.25) is 9.69 Å². The molecule has 1 N–H and O–H groups in total. The van der Waals surface area contributed by atoms with Crippen molar-refractivity contribution in [1.82, 2.24) is 10.3 Å². The molecule has 124 valence electrons. The molecule has 1 saturated heterocycles. The fourth-order valence-electron chi connectivity index (χ4n) is 2.95. The maximum absolute atomic E-state index is 11.7. The van der Waals surface area contributed by atoms with Crippen molar-refractivity contribution in [2.24, 2.45) is 11.0 Å². The van der Waals surface area contributed by atoms with Crippen molar-refractivity contribution >= 4 is 11.6 Å². The Morgan fingerprint density at radius 3 is 2.74 bits per heavy atom. The molecular formula is C18H25N3O2. The zero-order chi connectivity index (χ0) is 16.2. The van der Waals surface area contributed by atoms with Crippen LogP contribution < -0.4 is 10.2 Å². The fraction of sp³-hybridized carbons (Fsp3) is 0.556. The van der Waals surface area contributed by atoms with Crippen LogP contribution in [0.2, 0.25) is 0 Å². The molecule has 1 amide bonds. The number of hydrogen-bond acceptors (Lipinski definition) is 4. The molecule has 0 bridgehead atoms. The Hall–Kier alpha value is -1.88. The molecule has 0 radical (unpaired) electrons. The normalized spacial score (nSPS) is 19.0. The molecule has 5 heteroatoms. The molecule has 1 aliphatic carbocycles. The highest BCUT2D eigenvalue weighted by Gasteiger charge is 2.29. The lowest BCUT2D eigenvalue weighted by molar-refractivity contribution is -0.122. The monoisotopic (exact) mass is 315 g/mol. The Balaban J connectivity index is 1.72. The number of hydrogen-bond donors (Lipinski definition) is 1. The van der Waals surface area contributed by atoms with Crippen LogP contribution in [0.4, 0.5) is 0 Å². The minimum absolute atomic E-state index is 0.0372. The molecule has 1 aromatic rings. The van der Waals surface area contributed by atoms with Gasteiger partial charge in [-0.25, -0.2) is 5.43 Å². The summed E-state index contributed by atoms with van der Waals surface area (Å²) in [6.07, 6.45) is 4.53. The molecule has 1 aliphatic heterocycles. The Morgan fingerprint density at radius 2 is 2.09 bits per heavy atom. The highest BCUT2D eigenvalue weighted by atomic mass is 16.5. The van der Waals surface area contributed by atoms with Crippen LogP contribution >= 0.6 is 0 Å². The van der Waals surface area contributed by atoms with Gasteiger partial charge in [0.25, 0.3) is 0 Å². The molecule has 23 heavy (non-hydrogen) atoms. The van der Waals surface area contributed by atoms with Crippen LogP contribution in [0.25, 0.3) is 0 Å². The predicted octanol–water partition coefficient (Wildman–Crippen LogP) is 2.54. The van der Waals surface area contributed by atoms with E-state index in [0.717, 1.165) is 49.5 Å². The van der Waals surface area contributed by atoms with E-state index in [-0.39, 0.29) is 11.8 Å². The van der Waals surface area contributed by atoms with Crippen molar-refractivity contribution in [3.63, 3.8) is 0 Å². The first-order valence-electron chi connectivity index (χ1n) is 8.41. The standard InChI is InChI=1S/C18H25N3O2/c1-13(19-20-18(22)14-5-6-14)15-7-8-17(23-2)16(11-15)12-21-9-3-4-10-21/h7-8,11,14H,3-6,9-10,12H2,1-2H3,(H,20,22)/b19-13-. The number of methoxy groups -OCH3 is 1. The smallest absolute Gasteiger partial charge is 0.243 e. The Morgan fingerprint density at radius 1 is 1.35 bits per heavy atom. The third kappa shape index (κ3) is 4.10. The van der Waals surface area contributed by atoms with Gasteiger partial charge in [-0.15, -0.1) is 0 Å². The number of hydrazone groups is 1. The fourth-order valence-corrected chi connectivity index (χ4v) is 2.95. The molecule has 1 saturated carbocycles. The Bertz CT molecular complexity index is 602. The van der Waals surface area contributed by atoms with E-state index in [1.165, 1.54) is 18.4 Å². The molecule has 0 spiro atoms. The highest BCUT2D eigenvalue weighted by Crippen LogP contribution is 2.28. The van der Waals surface area contributed by atoms with Gasteiger partial charge < -0.3 is 4.74 Å². The number of benzene rings is 1. The number of nitrogens with one attached hydrogen (secondary N) is 1. The summed E-state index contributed by atoms with van der Waals surface area (Å²) in [5.74, 6) is 1.12. The first-order chi connectivity index (χ1) is 11.2. The van der Waals surface area contributed by atoms with Crippen molar-refractivity contribution in [2.75, 3.05) is 20.2 Å². The molecule has 0 aromatic heterocycles. The average Bonchev–Trinajstić information content (AvgIpc) is 3.30. The number of likely N-dealkylation sites (tertiary alicyclic amines) is 1. The van der Waals surface area contributed by atoms with E-state index in [4.69, 9.17) is 4.74 Å².